The van der Waals surface area contributed by atoms with Crippen LogP contribution in [0.4, 0.5) is 0 Å². The van der Waals surface area contributed by atoms with Gasteiger partial charge in [0.05, 0.1) is 0 Å². The third-order valence-electron chi connectivity index (χ3n) is 0.947. The molecular weight excluding hydrogens is 98.1 g/mol. The summed E-state index contributed by atoms with van der Waals surface area (Å²) in [6, 6.07) is 0.131. The van der Waals surface area contributed by atoms with E-state index in [2.05, 4.69) is 6.58 Å². The van der Waals surface area contributed by atoms with Gasteiger partial charge in [0.2, 0.25) is 0 Å². The molecule has 0 radical (unpaired) electrons. The molecule has 0 bridgehead atoms. The summed E-state index contributed by atoms with van der Waals surface area (Å²) in [5.74, 6) is 0. The summed E-state index contributed by atoms with van der Waals surface area (Å²) in [4.78, 5) is 0. The quantitative estimate of drug-likeness (QED) is 0.548. The lowest BCUT2D eigenvalue weighted by molar-refractivity contribution is 0.835. The Labute approximate surface area is 50.9 Å². The van der Waals surface area contributed by atoms with Gasteiger partial charge >= 0.3 is 0 Å². The molecule has 0 fully saturated rings. The van der Waals surface area contributed by atoms with Gasteiger partial charge in [0.1, 0.15) is 0 Å². The van der Waals surface area contributed by atoms with Gasteiger partial charge in [-0.1, -0.05) is 18.2 Å². The van der Waals surface area contributed by atoms with Gasteiger partial charge in [0.25, 0.3) is 0 Å². The van der Waals surface area contributed by atoms with E-state index in [1.807, 2.05) is 19.1 Å². The van der Waals surface area contributed by atoms with Crippen LogP contribution in [0.3, 0.4) is 0 Å². The molecule has 0 amide bonds. The molecule has 0 spiro atoms. The molecule has 0 aromatic heterocycles. The van der Waals surface area contributed by atoms with Gasteiger partial charge in [-0.05, 0) is 13.3 Å². The molecule has 8 heavy (non-hydrogen) atoms. The lowest BCUT2D eigenvalue weighted by Gasteiger charge is -1.97. The molecule has 0 aromatic rings. The molecule has 0 rings (SSSR count). The van der Waals surface area contributed by atoms with Crippen molar-refractivity contribution in [2.24, 2.45) is 5.73 Å². The number of allylic oxidation sites excluding steroid dienone is 1. The smallest absolute Gasteiger partial charge is 0.0256 e. The molecule has 0 aliphatic rings. The first kappa shape index (κ1) is 7.44. The van der Waals surface area contributed by atoms with Crippen molar-refractivity contribution in [3.63, 3.8) is 0 Å². The van der Waals surface area contributed by atoms with Crippen LogP contribution >= 0.6 is 0 Å². The predicted octanol–water partition coefficient (Wildman–Crippen LogP) is 1.47. The van der Waals surface area contributed by atoms with E-state index in [0.717, 1.165) is 6.42 Å². The van der Waals surface area contributed by atoms with Gasteiger partial charge in [-0.25, -0.2) is 0 Å². The standard InChI is InChI=1S/C7H13N/c1-3-5-6-7(8)4-2/h3-5,7H,2,6,8H2,1H3/b5-3-. The SMILES string of the molecule is C=CC(N)C/C=C\C. The van der Waals surface area contributed by atoms with Crippen molar-refractivity contribution in [1.82, 2.24) is 0 Å². The molecule has 1 nitrogen and oxygen atoms in total. The zero-order valence-corrected chi connectivity index (χ0v) is 5.30. The van der Waals surface area contributed by atoms with E-state index in [1.165, 1.54) is 0 Å². The fraction of sp³-hybridized carbons (Fsp3) is 0.429. The van der Waals surface area contributed by atoms with Crippen molar-refractivity contribution in [2.75, 3.05) is 0 Å². The van der Waals surface area contributed by atoms with E-state index >= 15 is 0 Å². The van der Waals surface area contributed by atoms with Gasteiger partial charge < -0.3 is 5.73 Å². The van der Waals surface area contributed by atoms with Crippen LogP contribution in [0.2, 0.25) is 0 Å². The van der Waals surface area contributed by atoms with Crippen LogP contribution in [0.5, 0.6) is 0 Å². The molecule has 0 heterocycles. The van der Waals surface area contributed by atoms with Gasteiger partial charge in [-0.2, -0.15) is 0 Å². The lowest BCUT2D eigenvalue weighted by atomic mass is 10.2. The molecular formula is C7H13N. The summed E-state index contributed by atoms with van der Waals surface area (Å²) in [6.45, 7) is 5.54. The molecule has 1 unspecified atom stereocenters. The third kappa shape index (κ3) is 3.62. The summed E-state index contributed by atoms with van der Waals surface area (Å²) in [5.41, 5.74) is 5.49. The van der Waals surface area contributed by atoms with Crippen LogP contribution in [0.1, 0.15) is 13.3 Å². The van der Waals surface area contributed by atoms with Crippen LogP contribution < -0.4 is 5.73 Å². The van der Waals surface area contributed by atoms with Crippen molar-refractivity contribution in [3.05, 3.63) is 24.8 Å². The Morgan fingerprint density at radius 2 is 2.38 bits per heavy atom. The summed E-state index contributed by atoms with van der Waals surface area (Å²) >= 11 is 0. The summed E-state index contributed by atoms with van der Waals surface area (Å²) in [5, 5.41) is 0. The minimum absolute atomic E-state index is 0.131. The number of hydrogen-bond donors (Lipinski definition) is 1. The first-order valence-electron chi connectivity index (χ1n) is 2.80. The number of rotatable bonds is 3. The van der Waals surface area contributed by atoms with E-state index < -0.39 is 0 Å². The Morgan fingerprint density at radius 3 is 2.75 bits per heavy atom. The van der Waals surface area contributed by atoms with Gasteiger partial charge in [0, 0.05) is 6.04 Å². The van der Waals surface area contributed by atoms with Crippen molar-refractivity contribution >= 4 is 0 Å². The fourth-order valence-electron chi connectivity index (χ4n) is 0.389. The Kier molecular flexibility index (Phi) is 4.27. The normalized spacial score (nSPS) is 14.2. The molecule has 1 heteroatoms. The molecule has 0 aliphatic heterocycles. The molecule has 1 atom stereocenters. The maximum absolute atomic E-state index is 5.49. The molecule has 0 aliphatic carbocycles. The van der Waals surface area contributed by atoms with Crippen LogP contribution in [-0.2, 0) is 0 Å². The number of nitrogens with two attached hydrogens (primary N) is 1. The predicted molar refractivity (Wildman–Crippen MR) is 37.6 cm³/mol. The Morgan fingerprint density at radius 1 is 1.75 bits per heavy atom. The summed E-state index contributed by atoms with van der Waals surface area (Å²) in [7, 11) is 0. The van der Waals surface area contributed by atoms with E-state index in [0.29, 0.717) is 0 Å². The fourth-order valence-corrected chi connectivity index (χ4v) is 0.389. The monoisotopic (exact) mass is 111 g/mol. The zero-order valence-electron chi connectivity index (χ0n) is 5.30. The van der Waals surface area contributed by atoms with Gasteiger partial charge in [-0.3, -0.25) is 0 Å². The first-order valence-corrected chi connectivity index (χ1v) is 2.80. The van der Waals surface area contributed by atoms with Crippen molar-refractivity contribution in [1.29, 1.82) is 0 Å². The van der Waals surface area contributed by atoms with Gasteiger partial charge in [-0.15, -0.1) is 6.58 Å². The van der Waals surface area contributed by atoms with Crippen molar-refractivity contribution in [3.8, 4) is 0 Å². The summed E-state index contributed by atoms with van der Waals surface area (Å²) < 4.78 is 0. The third-order valence-corrected chi connectivity index (χ3v) is 0.947. The highest BCUT2D eigenvalue weighted by atomic mass is 14.6. The zero-order chi connectivity index (χ0) is 6.41. The number of hydrogen-bond acceptors (Lipinski definition) is 1. The van der Waals surface area contributed by atoms with E-state index in [9.17, 15) is 0 Å². The minimum Gasteiger partial charge on any atom is -0.324 e. The maximum Gasteiger partial charge on any atom is 0.0256 e. The maximum atomic E-state index is 5.49. The average Bonchev–Trinajstić information content (AvgIpc) is 1.83. The first-order chi connectivity index (χ1) is 3.81. The molecule has 46 valence electrons. The topological polar surface area (TPSA) is 26.0 Å². The highest BCUT2D eigenvalue weighted by Crippen LogP contribution is 1.88. The van der Waals surface area contributed by atoms with E-state index in [-0.39, 0.29) is 6.04 Å². The lowest BCUT2D eigenvalue weighted by Crippen LogP contribution is -2.14. The Balaban J connectivity index is 3.23. The highest BCUT2D eigenvalue weighted by Gasteiger charge is 1.87. The Hall–Kier alpha value is -0.560. The van der Waals surface area contributed by atoms with Crippen LogP contribution in [0, 0.1) is 0 Å². The van der Waals surface area contributed by atoms with E-state index in [1.54, 1.807) is 6.08 Å². The Bertz CT molecular complexity index is 84.4. The molecule has 0 aromatic carbocycles. The second-order valence-corrected chi connectivity index (χ2v) is 1.70. The van der Waals surface area contributed by atoms with E-state index in [4.69, 9.17) is 5.73 Å². The van der Waals surface area contributed by atoms with Crippen LogP contribution in [0.25, 0.3) is 0 Å². The summed E-state index contributed by atoms with van der Waals surface area (Å²) in [6.07, 6.45) is 6.68. The highest BCUT2D eigenvalue weighted by molar-refractivity contribution is 4.90. The van der Waals surface area contributed by atoms with Crippen LogP contribution in [-0.4, -0.2) is 6.04 Å². The molecule has 0 saturated carbocycles. The minimum atomic E-state index is 0.131. The molecule has 0 saturated heterocycles. The largest absolute Gasteiger partial charge is 0.324 e. The second-order valence-electron chi connectivity index (χ2n) is 1.70. The van der Waals surface area contributed by atoms with Crippen molar-refractivity contribution in [2.45, 2.75) is 19.4 Å². The van der Waals surface area contributed by atoms with Crippen LogP contribution in [0.15, 0.2) is 24.8 Å². The van der Waals surface area contributed by atoms with Gasteiger partial charge in [0.15, 0.2) is 0 Å². The molecule has 2 N–H and O–H groups in total. The second kappa shape index (κ2) is 4.60. The average molecular weight is 111 g/mol. The van der Waals surface area contributed by atoms with Crippen molar-refractivity contribution < 1.29 is 0 Å².